The minimum Gasteiger partial charge on any atom is -0.198 e. The third kappa shape index (κ3) is 2.50. The molecule has 2 heteroatoms. The van der Waals surface area contributed by atoms with Crippen LogP contribution in [-0.2, 0) is 20.4 Å². The van der Waals surface area contributed by atoms with Gasteiger partial charge in [-0.05, 0) is 0 Å². The number of benzene rings is 1. The van der Waals surface area contributed by atoms with E-state index in [1.54, 1.807) is 0 Å². The Balaban J connectivity index is 0.000000640. The molecule has 52 valence electrons. The Labute approximate surface area is 71.9 Å². The minimum absolute atomic E-state index is 0. The summed E-state index contributed by atoms with van der Waals surface area (Å²) in [6.45, 7) is 3.80. The molecule has 0 spiro atoms. The first-order chi connectivity index (χ1) is 3.80. The molecule has 0 radical (unpaired) electrons. The van der Waals surface area contributed by atoms with Crippen molar-refractivity contribution in [1.29, 1.82) is 0 Å². The van der Waals surface area contributed by atoms with Gasteiger partial charge in [-0.2, -0.15) is 27.8 Å². The predicted molar refractivity (Wildman–Crippen MR) is 40.2 cm³/mol. The van der Waals surface area contributed by atoms with E-state index < -0.39 is 0 Å². The molecule has 0 aliphatic heterocycles. The van der Waals surface area contributed by atoms with Crippen molar-refractivity contribution < 1.29 is 20.4 Å². The average molecular weight is 230 g/mol. The van der Waals surface area contributed by atoms with Crippen LogP contribution >= 0.6 is 9.24 Å². The van der Waals surface area contributed by atoms with Crippen LogP contribution in [-0.4, -0.2) is 0 Å². The van der Waals surface area contributed by atoms with Gasteiger partial charge in [0, 0.05) is 20.4 Å². The van der Waals surface area contributed by atoms with Crippen LogP contribution in [0.25, 0.3) is 0 Å². The Morgan fingerprint density at radius 3 is 2.11 bits per heavy atom. The molecule has 1 unspecified atom stereocenters. The molecule has 0 aromatic heterocycles. The minimum atomic E-state index is 0. The van der Waals surface area contributed by atoms with Crippen LogP contribution in [0.4, 0.5) is 0 Å². The Morgan fingerprint density at radius 2 is 1.78 bits per heavy atom. The Morgan fingerprint density at radius 1 is 1.22 bits per heavy atom. The first kappa shape index (κ1) is 9.18. The zero-order chi connectivity index (χ0) is 5.98. The van der Waals surface area contributed by atoms with Gasteiger partial charge in [0.1, 0.15) is 0 Å². The van der Waals surface area contributed by atoms with Gasteiger partial charge in [-0.25, -0.2) is 0 Å². The normalized spacial score (nSPS) is 8.11. The van der Waals surface area contributed by atoms with Gasteiger partial charge in [-0.1, -0.05) is 6.07 Å². The van der Waals surface area contributed by atoms with Crippen molar-refractivity contribution in [3.05, 3.63) is 36.8 Å². The van der Waals surface area contributed by atoms with E-state index >= 15 is 0 Å². The van der Waals surface area contributed by atoms with E-state index in [9.17, 15) is 0 Å². The maximum absolute atomic E-state index is 3.80. The first-order valence-electron chi connectivity index (χ1n) is 2.47. The van der Waals surface area contributed by atoms with Crippen LogP contribution < -0.4 is 5.30 Å². The van der Waals surface area contributed by atoms with Crippen LogP contribution in [0.2, 0.25) is 0 Å². The van der Waals surface area contributed by atoms with Crippen molar-refractivity contribution in [2.24, 2.45) is 0 Å². The summed E-state index contributed by atoms with van der Waals surface area (Å²) >= 11 is 0. The maximum Gasteiger partial charge on any atom is 0 e. The Bertz CT molecular complexity index is 165. The molecule has 0 saturated carbocycles. The Kier molecular flexibility index (Phi) is 4.15. The smallest absolute Gasteiger partial charge is 0 e. The van der Waals surface area contributed by atoms with Gasteiger partial charge in [-0.3, -0.25) is 0 Å². The topological polar surface area (TPSA) is 0 Å². The average Bonchev–Trinajstić information content (AvgIpc) is 1.77. The van der Waals surface area contributed by atoms with Gasteiger partial charge in [0.25, 0.3) is 0 Å². The van der Waals surface area contributed by atoms with E-state index in [1.165, 1.54) is 5.30 Å². The fourth-order valence-corrected chi connectivity index (χ4v) is 0.742. The third-order valence-electron chi connectivity index (χ3n) is 1.06. The second kappa shape index (κ2) is 4.07. The fraction of sp³-hybridized carbons (Fsp3) is 0. The molecule has 1 aromatic carbocycles. The molecule has 0 bridgehead atoms. The largest absolute Gasteiger partial charge is 0.198 e. The molecule has 1 atom stereocenters. The second-order valence-corrected chi connectivity index (χ2v) is 2.32. The van der Waals surface area contributed by atoms with Crippen LogP contribution in [0.5, 0.6) is 0 Å². The van der Waals surface area contributed by atoms with Crippen LogP contribution in [0.1, 0.15) is 5.56 Å². The van der Waals surface area contributed by atoms with Gasteiger partial charge in [0.15, 0.2) is 0 Å². The Hall–Kier alpha value is 0.182. The molecule has 0 fully saturated rings. The quantitative estimate of drug-likeness (QED) is 0.358. The van der Waals surface area contributed by atoms with E-state index in [2.05, 4.69) is 16.2 Å². The molecule has 0 nitrogen and oxygen atoms in total. The van der Waals surface area contributed by atoms with Gasteiger partial charge in [0.2, 0.25) is 0 Å². The standard InChI is InChI=1S/C7H8P.Pd/c1-6-4-2-3-5-7(6)8;/h2-5H,1,8H2;/q-1;. The summed E-state index contributed by atoms with van der Waals surface area (Å²) in [6, 6.07) is 7.99. The summed E-state index contributed by atoms with van der Waals surface area (Å²) in [4.78, 5) is 0. The summed E-state index contributed by atoms with van der Waals surface area (Å²) in [6.07, 6.45) is 0. The summed E-state index contributed by atoms with van der Waals surface area (Å²) in [5, 5.41) is 1.17. The fourth-order valence-electron chi connectivity index (χ4n) is 0.534. The van der Waals surface area contributed by atoms with E-state index in [-0.39, 0.29) is 20.4 Å². The molecule has 9 heavy (non-hydrogen) atoms. The molecule has 1 aromatic rings. The second-order valence-electron chi connectivity index (χ2n) is 1.70. The van der Waals surface area contributed by atoms with Crippen LogP contribution in [0.15, 0.2) is 24.3 Å². The van der Waals surface area contributed by atoms with E-state index in [4.69, 9.17) is 0 Å². The molecule has 0 heterocycles. The molecule has 0 N–H and O–H groups in total. The van der Waals surface area contributed by atoms with Crippen molar-refractivity contribution in [2.45, 2.75) is 0 Å². The SMILES string of the molecule is [CH2-]c1ccccc1P.[Pd]. The zero-order valence-corrected chi connectivity index (χ0v) is 7.62. The maximum atomic E-state index is 3.80. The monoisotopic (exact) mass is 229 g/mol. The van der Waals surface area contributed by atoms with E-state index in [1.807, 2.05) is 24.3 Å². The van der Waals surface area contributed by atoms with Crippen molar-refractivity contribution >= 4 is 14.5 Å². The van der Waals surface area contributed by atoms with E-state index in [0.717, 1.165) is 5.56 Å². The summed E-state index contributed by atoms with van der Waals surface area (Å²) in [7, 11) is 2.62. The van der Waals surface area contributed by atoms with E-state index in [0.29, 0.717) is 0 Å². The third-order valence-corrected chi connectivity index (χ3v) is 1.62. The van der Waals surface area contributed by atoms with Crippen molar-refractivity contribution in [3.63, 3.8) is 0 Å². The van der Waals surface area contributed by atoms with Gasteiger partial charge in [0.05, 0.1) is 0 Å². The predicted octanol–water partition coefficient (Wildman–Crippen LogP) is 1.37. The van der Waals surface area contributed by atoms with Gasteiger partial charge in [-0.15, -0.1) is 17.4 Å². The number of rotatable bonds is 0. The van der Waals surface area contributed by atoms with Crippen LogP contribution in [0, 0.1) is 6.92 Å². The molecular formula is C7H8PPd-. The number of hydrogen-bond acceptors (Lipinski definition) is 0. The summed E-state index contributed by atoms with van der Waals surface area (Å²) < 4.78 is 0. The summed E-state index contributed by atoms with van der Waals surface area (Å²) in [5.74, 6) is 0. The van der Waals surface area contributed by atoms with Gasteiger partial charge >= 0.3 is 0 Å². The van der Waals surface area contributed by atoms with Crippen molar-refractivity contribution in [3.8, 4) is 0 Å². The molecule has 0 aliphatic carbocycles. The first-order valence-corrected chi connectivity index (χ1v) is 3.05. The van der Waals surface area contributed by atoms with Crippen molar-refractivity contribution in [1.82, 2.24) is 0 Å². The number of hydrogen-bond donors (Lipinski definition) is 0. The molecule has 1 rings (SSSR count). The molecule has 0 aliphatic rings. The molecule has 0 amide bonds. The summed E-state index contributed by atoms with van der Waals surface area (Å²) in [5.41, 5.74) is 1.08. The zero-order valence-electron chi connectivity index (χ0n) is 4.91. The van der Waals surface area contributed by atoms with Crippen LogP contribution in [0.3, 0.4) is 0 Å². The van der Waals surface area contributed by atoms with Crippen molar-refractivity contribution in [2.75, 3.05) is 0 Å². The van der Waals surface area contributed by atoms with Gasteiger partial charge < -0.3 is 0 Å². The molecular weight excluding hydrogens is 221 g/mol. The molecule has 0 saturated heterocycles.